The number of piperazine rings is 1. The fourth-order valence-corrected chi connectivity index (χ4v) is 2.79. The molecule has 94 valence electrons. The van der Waals surface area contributed by atoms with Crippen LogP contribution in [0.1, 0.15) is 11.6 Å². The quantitative estimate of drug-likeness (QED) is 0.863. The Morgan fingerprint density at radius 1 is 1.24 bits per heavy atom. The number of hydrogen-bond acceptors (Lipinski definition) is 3. The SMILES string of the molecule is OCC(c1ccc(Br)c(Br)c1)N1CCNCC1. The van der Waals surface area contributed by atoms with Gasteiger partial charge in [0.15, 0.2) is 0 Å². The highest BCUT2D eigenvalue weighted by atomic mass is 79.9. The van der Waals surface area contributed by atoms with Crippen LogP contribution < -0.4 is 5.32 Å². The minimum atomic E-state index is 0.0986. The van der Waals surface area contributed by atoms with E-state index in [0.29, 0.717) is 0 Å². The Labute approximate surface area is 118 Å². The fraction of sp³-hybridized carbons (Fsp3) is 0.500. The number of hydrogen-bond donors (Lipinski definition) is 2. The number of benzene rings is 1. The number of aliphatic hydroxyl groups excluding tert-OH is 1. The van der Waals surface area contributed by atoms with Crippen LogP contribution in [0.4, 0.5) is 0 Å². The van der Waals surface area contributed by atoms with Crippen LogP contribution >= 0.6 is 31.9 Å². The van der Waals surface area contributed by atoms with Crippen LogP contribution in [0.15, 0.2) is 27.1 Å². The van der Waals surface area contributed by atoms with Gasteiger partial charge in [-0.15, -0.1) is 0 Å². The van der Waals surface area contributed by atoms with E-state index in [9.17, 15) is 5.11 Å². The summed E-state index contributed by atoms with van der Waals surface area (Å²) in [6.45, 7) is 4.12. The van der Waals surface area contributed by atoms with Gasteiger partial charge in [0.25, 0.3) is 0 Å². The molecule has 0 aromatic heterocycles. The molecule has 2 N–H and O–H groups in total. The van der Waals surface area contributed by atoms with E-state index >= 15 is 0 Å². The molecular weight excluding hydrogens is 348 g/mol. The number of aliphatic hydroxyl groups is 1. The predicted octanol–water partition coefficient (Wildman–Crippen LogP) is 2.15. The van der Waals surface area contributed by atoms with E-state index in [2.05, 4.69) is 54.2 Å². The van der Waals surface area contributed by atoms with E-state index in [-0.39, 0.29) is 12.6 Å². The molecular formula is C12H16Br2N2O. The molecule has 0 saturated carbocycles. The first-order chi connectivity index (χ1) is 8.22. The minimum absolute atomic E-state index is 0.0986. The Kier molecular flexibility index (Phi) is 4.99. The van der Waals surface area contributed by atoms with Crippen molar-refractivity contribution in [1.29, 1.82) is 0 Å². The molecule has 1 aliphatic rings. The molecule has 1 saturated heterocycles. The summed E-state index contributed by atoms with van der Waals surface area (Å²) >= 11 is 6.97. The standard InChI is InChI=1S/C12H16Br2N2O/c13-10-2-1-9(7-11(10)14)12(8-17)16-5-3-15-4-6-16/h1-2,7,12,15,17H,3-6,8H2. The van der Waals surface area contributed by atoms with E-state index in [1.54, 1.807) is 0 Å². The van der Waals surface area contributed by atoms with Crippen molar-refractivity contribution in [2.75, 3.05) is 32.8 Å². The second kappa shape index (κ2) is 6.29. The lowest BCUT2D eigenvalue weighted by Gasteiger charge is -2.34. The summed E-state index contributed by atoms with van der Waals surface area (Å²) in [6.07, 6.45) is 0. The molecule has 2 rings (SSSR count). The maximum absolute atomic E-state index is 9.60. The zero-order valence-corrected chi connectivity index (χ0v) is 12.7. The van der Waals surface area contributed by atoms with Gasteiger partial charge < -0.3 is 10.4 Å². The Morgan fingerprint density at radius 3 is 2.53 bits per heavy atom. The molecule has 1 aromatic carbocycles. The largest absolute Gasteiger partial charge is 0.394 e. The lowest BCUT2D eigenvalue weighted by molar-refractivity contribution is 0.111. The van der Waals surface area contributed by atoms with Gasteiger partial charge in [0.1, 0.15) is 0 Å². The summed E-state index contributed by atoms with van der Waals surface area (Å²) in [5.41, 5.74) is 1.16. The summed E-state index contributed by atoms with van der Waals surface area (Å²) < 4.78 is 2.07. The zero-order chi connectivity index (χ0) is 12.3. The average molecular weight is 364 g/mol. The highest BCUT2D eigenvalue weighted by molar-refractivity contribution is 9.13. The van der Waals surface area contributed by atoms with Crippen LogP contribution in [0.5, 0.6) is 0 Å². The van der Waals surface area contributed by atoms with E-state index in [1.165, 1.54) is 0 Å². The molecule has 1 heterocycles. The molecule has 1 atom stereocenters. The van der Waals surface area contributed by atoms with Gasteiger partial charge in [-0.2, -0.15) is 0 Å². The van der Waals surface area contributed by atoms with Crippen molar-refractivity contribution < 1.29 is 5.11 Å². The second-order valence-electron chi connectivity index (χ2n) is 4.16. The molecule has 0 spiro atoms. The van der Waals surface area contributed by atoms with E-state index in [1.807, 2.05) is 6.07 Å². The third-order valence-electron chi connectivity index (χ3n) is 3.09. The van der Waals surface area contributed by atoms with Crippen LogP contribution in [-0.4, -0.2) is 42.8 Å². The maximum atomic E-state index is 9.60. The van der Waals surface area contributed by atoms with E-state index in [0.717, 1.165) is 40.7 Å². The molecule has 0 amide bonds. The molecule has 1 aromatic rings. The zero-order valence-electron chi connectivity index (χ0n) is 9.50. The highest BCUT2D eigenvalue weighted by Crippen LogP contribution is 2.28. The topological polar surface area (TPSA) is 35.5 Å². The van der Waals surface area contributed by atoms with Gasteiger partial charge in [-0.25, -0.2) is 0 Å². The molecule has 1 aliphatic heterocycles. The molecule has 1 fully saturated rings. The first-order valence-electron chi connectivity index (χ1n) is 5.73. The summed E-state index contributed by atoms with van der Waals surface area (Å²) in [5, 5.41) is 12.9. The fourth-order valence-electron chi connectivity index (χ4n) is 2.15. The molecule has 0 radical (unpaired) electrons. The van der Waals surface area contributed by atoms with Crippen molar-refractivity contribution in [3.63, 3.8) is 0 Å². The molecule has 3 nitrogen and oxygen atoms in total. The Morgan fingerprint density at radius 2 is 1.94 bits per heavy atom. The van der Waals surface area contributed by atoms with Crippen LogP contribution in [0.3, 0.4) is 0 Å². The van der Waals surface area contributed by atoms with Crippen molar-refractivity contribution in [1.82, 2.24) is 10.2 Å². The van der Waals surface area contributed by atoms with Gasteiger partial charge in [-0.3, -0.25) is 4.90 Å². The van der Waals surface area contributed by atoms with Crippen molar-refractivity contribution in [2.45, 2.75) is 6.04 Å². The van der Waals surface area contributed by atoms with E-state index in [4.69, 9.17) is 0 Å². The van der Waals surface area contributed by atoms with Crippen molar-refractivity contribution >= 4 is 31.9 Å². The summed E-state index contributed by atoms with van der Waals surface area (Å²) in [7, 11) is 0. The lowest BCUT2D eigenvalue weighted by Crippen LogP contribution is -2.46. The third kappa shape index (κ3) is 3.29. The van der Waals surface area contributed by atoms with Crippen LogP contribution in [-0.2, 0) is 0 Å². The molecule has 5 heteroatoms. The van der Waals surface area contributed by atoms with Crippen LogP contribution in [0.25, 0.3) is 0 Å². The Bertz CT molecular complexity index is 381. The maximum Gasteiger partial charge on any atom is 0.0628 e. The Balaban J connectivity index is 2.18. The summed E-state index contributed by atoms with van der Waals surface area (Å²) in [4.78, 5) is 2.33. The van der Waals surface area contributed by atoms with Gasteiger partial charge >= 0.3 is 0 Å². The van der Waals surface area contributed by atoms with E-state index < -0.39 is 0 Å². The smallest absolute Gasteiger partial charge is 0.0628 e. The second-order valence-corrected chi connectivity index (χ2v) is 5.87. The van der Waals surface area contributed by atoms with Gasteiger partial charge in [-0.05, 0) is 49.6 Å². The monoisotopic (exact) mass is 362 g/mol. The van der Waals surface area contributed by atoms with Gasteiger partial charge in [0.2, 0.25) is 0 Å². The van der Waals surface area contributed by atoms with Crippen molar-refractivity contribution in [3.8, 4) is 0 Å². The molecule has 1 unspecified atom stereocenters. The predicted molar refractivity (Wildman–Crippen MR) is 76.1 cm³/mol. The van der Waals surface area contributed by atoms with Gasteiger partial charge in [0.05, 0.1) is 12.6 Å². The number of rotatable bonds is 3. The normalized spacial score (nSPS) is 19.2. The number of nitrogens with zero attached hydrogens (tertiary/aromatic N) is 1. The first kappa shape index (κ1) is 13.5. The molecule has 0 bridgehead atoms. The average Bonchev–Trinajstić information content (AvgIpc) is 2.36. The lowest BCUT2D eigenvalue weighted by atomic mass is 10.1. The third-order valence-corrected chi connectivity index (χ3v) is 4.97. The van der Waals surface area contributed by atoms with Gasteiger partial charge in [-0.1, -0.05) is 6.07 Å². The Hall–Kier alpha value is 0.0600. The highest BCUT2D eigenvalue weighted by Gasteiger charge is 2.21. The summed E-state index contributed by atoms with van der Waals surface area (Å²) in [6, 6.07) is 6.26. The van der Waals surface area contributed by atoms with Crippen molar-refractivity contribution in [2.24, 2.45) is 0 Å². The van der Waals surface area contributed by atoms with Gasteiger partial charge in [0, 0.05) is 35.1 Å². The number of halogens is 2. The minimum Gasteiger partial charge on any atom is -0.394 e. The first-order valence-corrected chi connectivity index (χ1v) is 7.31. The summed E-state index contributed by atoms with van der Waals surface area (Å²) in [5.74, 6) is 0. The van der Waals surface area contributed by atoms with Crippen molar-refractivity contribution in [3.05, 3.63) is 32.7 Å². The molecule has 17 heavy (non-hydrogen) atoms. The molecule has 0 aliphatic carbocycles. The number of nitrogens with one attached hydrogen (secondary N) is 1. The van der Waals surface area contributed by atoms with Crippen LogP contribution in [0.2, 0.25) is 0 Å². The van der Waals surface area contributed by atoms with Crippen LogP contribution in [0, 0.1) is 0 Å².